The Morgan fingerprint density at radius 2 is 1.77 bits per heavy atom. The first-order valence-corrected chi connectivity index (χ1v) is 11.8. The summed E-state index contributed by atoms with van der Waals surface area (Å²) in [5.74, 6) is -0.228. The maximum atomic E-state index is 12.9. The van der Waals surface area contributed by atoms with E-state index in [1.165, 1.54) is 10.4 Å². The first kappa shape index (κ1) is 21.3. The monoisotopic (exact) mass is 438 g/mol. The summed E-state index contributed by atoms with van der Waals surface area (Å²) in [6.07, 6.45) is 5.42. The lowest BCUT2D eigenvalue weighted by atomic mass is 10.2. The van der Waals surface area contributed by atoms with Crippen LogP contribution in [0.1, 0.15) is 34.3 Å². The largest absolute Gasteiger partial charge is 0.337 e. The van der Waals surface area contributed by atoms with Crippen LogP contribution in [0.3, 0.4) is 0 Å². The van der Waals surface area contributed by atoms with E-state index >= 15 is 0 Å². The molecule has 1 fully saturated rings. The van der Waals surface area contributed by atoms with Crippen molar-refractivity contribution >= 4 is 15.9 Å². The van der Waals surface area contributed by atoms with Gasteiger partial charge in [0.15, 0.2) is 0 Å². The highest BCUT2D eigenvalue weighted by atomic mass is 32.2. The number of nitrogens with zero attached hydrogens (tertiary/aromatic N) is 4. The Kier molecular flexibility index (Phi) is 6.20. The molecule has 0 atom stereocenters. The second-order valence-electron chi connectivity index (χ2n) is 7.83. The van der Waals surface area contributed by atoms with E-state index in [1.54, 1.807) is 36.3 Å². The fraction of sp³-hybridized carbons (Fsp3) is 0.304. The van der Waals surface area contributed by atoms with Crippen LogP contribution in [0.5, 0.6) is 0 Å². The number of sulfonamides is 1. The van der Waals surface area contributed by atoms with Gasteiger partial charge in [0.05, 0.1) is 17.6 Å². The average Bonchev–Trinajstić information content (AvgIpc) is 3.47. The highest BCUT2D eigenvalue weighted by molar-refractivity contribution is 7.89. The van der Waals surface area contributed by atoms with Crippen molar-refractivity contribution in [3.8, 4) is 0 Å². The molecule has 0 saturated carbocycles. The number of carbonyl (C=O) groups is 1. The molecule has 0 unspecified atom stereocenters. The molecule has 2 heterocycles. The quantitative estimate of drug-likeness (QED) is 0.568. The molecule has 1 aliphatic heterocycles. The second kappa shape index (κ2) is 9.03. The molecule has 0 spiro atoms. The van der Waals surface area contributed by atoms with E-state index in [0.29, 0.717) is 31.7 Å². The summed E-state index contributed by atoms with van der Waals surface area (Å²) in [5.41, 5.74) is 2.42. The molecular formula is C23H26N4O3S. The van der Waals surface area contributed by atoms with Gasteiger partial charge in [-0.25, -0.2) is 8.42 Å². The van der Waals surface area contributed by atoms with Gasteiger partial charge in [0.25, 0.3) is 5.91 Å². The molecule has 1 amide bonds. The van der Waals surface area contributed by atoms with Crippen molar-refractivity contribution < 1.29 is 13.2 Å². The van der Waals surface area contributed by atoms with Crippen LogP contribution in [-0.2, 0) is 23.1 Å². The zero-order valence-corrected chi connectivity index (χ0v) is 18.3. The molecule has 0 radical (unpaired) electrons. The molecule has 8 heteroatoms. The van der Waals surface area contributed by atoms with E-state index in [1.807, 2.05) is 41.2 Å². The van der Waals surface area contributed by atoms with E-state index in [9.17, 15) is 13.2 Å². The smallest absolute Gasteiger partial charge is 0.253 e. The number of rotatable bonds is 7. The maximum absolute atomic E-state index is 12.9. The molecule has 7 nitrogen and oxygen atoms in total. The molecule has 1 aromatic heterocycles. The molecule has 0 aliphatic carbocycles. The van der Waals surface area contributed by atoms with Crippen LogP contribution in [0.2, 0.25) is 0 Å². The third-order valence-electron chi connectivity index (χ3n) is 5.42. The minimum absolute atomic E-state index is 0.171. The molecular weight excluding hydrogens is 412 g/mol. The van der Waals surface area contributed by atoms with Gasteiger partial charge in [0, 0.05) is 44.0 Å². The minimum Gasteiger partial charge on any atom is -0.337 e. The summed E-state index contributed by atoms with van der Waals surface area (Å²) in [4.78, 5) is 14.7. The van der Waals surface area contributed by atoms with Gasteiger partial charge < -0.3 is 4.90 Å². The number of hydrogen-bond acceptors (Lipinski definition) is 4. The lowest BCUT2D eigenvalue weighted by Crippen LogP contribution is -2.29. The molecule has 0 bridgehead atoms. The SMILES string of the molecule is CN(Cc1cnn(Cc2ccccc2)c1)C(=O)c1cccc(S(=O)(=O)N2CCCC2)c1. The van der Waals surface area contributed by atoms with Crippen molar-refractivity contribution in [3.05, 3.63) is 83.7 Å². The Labute approximate surface area is 183 Å². The van der Waals surface area contributed by atoms with Gasteiger partial charge in [-0.15, -0.1) is 0 Å². The van der Waals surface area contributed by atoms with Crippen LogP contribution in [-0.4, -0.2) is 53.4 Å². The highest BCUT2D eigenvalue weighted by Crippen LogP contribution is 2.22. The van der Waals surface area contributed by atoms with Crippen LogP contribution >= 0.6 is 0 Å². The van der Waals surface area contributed by atoms with Crippen molar-refractivity contribution in [2.45, 2.75) is 30.8 Å². The normalized spacial score (nSPS) is 14.6. The van der Waals surface area contributed by atoms with Crippen molar-refractivity contribution in [1.82, 2.24) is 19.0 Å². The lowest BCUT2D eigenvalue weighted by molar-refractivity contribution is 0.0785. The molecule has 31 heavy (non-hydrogen) atoms. The summed E-state index contributed by atoms with van der Waals surface area (Å²) in [7, 11) is -1.85. The van der Waals surface area contributed by atoms with Gasteiger partial charge in [-0.05, 0) is 36.6 Å². The molecule has 2 aromatic carbocycles. The molecule has 3 aromatic rings. The van der Waals surface area contributed by atoms with Crippen molar-refractivity contribution in [1.29, 1.82) is 0 Å². The Hall–Kier alpha value is -2.97. The molecule has 1 aliphatic rings. The fourth-order valence-electron chi connectivity index (χ4n) is 3.78. The summed E-state index contributed by atoms with van der Waals surface area (Å²) >= 11 is 0. The summed E-state index contributed by atoms with van der Waals surface area (Å²) < 4.78 is 29.0. The molecule has 1 saturated heterocycles. The first-order valence-electron chi connectivity index (χ1n) is 10.3. The Balaban J connectivity index is 1.44. The minimum atomic E-state index is -3.56. The number of aromatic nitrogens is 2. The van der Waals surface area contributed by atoms with Gasteiger partial charge in [-0.2, -0.15) is 9.40 Å². The van der Waals surface area contributed by atoms with Crippen LogP contribution in [0.15, 0.2) is 71.9 Å². The second-order valence-corrected chi connectivity index (χ2v) is 9.77. The molecule has 4 rings (SSSR count). The van der Waals surface area contributed by atoms with E-state index in [0.717, 1.165) is 24.0 Å². The van der Waals surface area contributed by atoms with Crippen LogP contribution in [0, 0.1) is 0 Å². The number of carbonyl (C=O) groups excluding carboxylic acids is 1. The Bertz CT molecular complexity index is 1150. The predicted octanol–water partition coefficient (Wildman–Crippen LogP) is 2.99. The number of hydrogen-bond donors (Lipinski definition) is 0. The Morgan fingerprint density at radius 3 is 2.52 bits per heavy atom. The standard InChI is InChI=1S/C23H26N4O3S/c1-25(16-20-15-24-26(18-20)17-19-8-3-2-4-9-19)23(28)21-10-7-11-22(14-21)31(29,30)27-12-5-6-13-27/h2-4,7-11,14-15,18H,5-6,12-13,16-17H2,1H3. The third kappa shape index (κ3) is 4.86. The summed E-state index contributed by atoms with van der Waals surface area (Å²) in [5, 5.41) is 4.38. The average molecular weight is 439 g/mol. The number of amides is 1. The van der Waals surface area contributed by atoms with Crippen LogP contribution < -0.4 is 0 Å². The zero-order chi connectivity index (χ0) is 21.8. The third-order valence-corrected chi connectivity index (χ3v) is 7.32. The van der Waals surface area contributed by atoms with E-state index in [-0.39, 0.29) is 10.8 Å². The Morgan fingerprint density at radius 1 is 1.03 bits per heavy atom. The van der Waals surface area contributed by atoms with Gasteiger partial charge in [-0.1, -0.05) is 36.4 Å². The van der Waals surface area contributed by atoms with Gasteiger partial charge in [0.1, 0.15) is 0 Å². The topological polar surface area (TPSA) is 75.5 Å². The predicted molar refractivity (Wildman–Crippen MR) is 118 cm³/mol. The molecule has 162 valence electrons. The summed E-state index contributed by atoms with van der Waals surface area (Å²) in [6, 6.07) is 16.4. The van der Waals surface area contributed by atoms with Crippen LogP contribution in [0.25, 0.3) is 0 Å². The van der Waals surface area contributed by atoms with E-state index in [2.05, 4.69) is 5.10 Å². The van der Waals surface area contributed by atoms with Gasteiger partial charge in [-0.3, -0.25) is 9.48 Å². The van der Waals surface area contributed by atoms with Gasteiger partial charge >= 0.3 is 0 Å². The zero-order valence-electron chi connectivity index (χ0n) is 17.5. The fourth-order valence-corrected chi connectivity index (χ4v) is 5.34. The van der Waals surface area contributed by atoms with Crippen molar-refractivity contribution in [2.75, 3.05) is 20.1 Å². The van der Waals surface area contributed by atoms with E-state index < -0.39 is 10.0 Å². The van der Waals surface area contributed by atoms with E-state index in [4.69, 9.17) is 0 Å². The summed E-state index contributed by atoms with van der Waals surface area (Å²) in [6.45, 7) is 2.12. The lowest BCUT2D eigenvalue weighted by Gasteiger charge is -2.18. The van der Waals surface area contributed by atoms with Crippen molar-refractivity contribution in [2.24, 2.45) is 0 Å². The number of benzene rings is 2. The van der Waals surface area contributed by atoms with Gasteiger partial charge in [0.2, 0.25) is 10.0 Å². The molecule has 0 N–H and O–H groups in total. The highest BCUT2D eigenvalue weighted by Gasteiger charge is 2.28. The van der Waals surface area contributed by atoms with Crippen molar-refractivity contribution in [3.63, 3.8) is 0 Å². The van der Waals surface area contributed by atoms with Crippen LogP contribution in [0.4, 0.5) is 0 Å². The maximum Gasteiger partial charge on any atom is 0.253 e. The first-order chi connectivity index (χ1) is 14.9.